The zero-order valence-corrected chi connectivity index (χ0v) is 19.2. The molecule has 1 saturated carbocycles. The van der Waals surface area contributed by atoms with Crippen LogP contribution in [0.25, 0.3) is 22.2 Å². The van der Waals surface area contributed by atoms with Crippen molar-refractivity contribution in [3.63, 3.8) is 0 Å². The maximum absolute atomic E-state index is 12.6. The number of ether oxygens (including phenoxy) is 1. The van der Waals surface area contributed by atoms with E-state index in [4.69, 9.17) is 15.5 Å². The number of hydrogen-bond donors (Lipinski definition) is 2. The number of pyridine rings is 1. The molecule has 2 aromatic heterocycles. The van der Waals surface area contributed by atoms with Crippen LogP contribution in [0.15, 0.2) is 65.6 Å². The van der Waals surface area contributed by atoms with Crippen molar-refractivity contribution < 1.29 is 17.9 Å². The summed E-state index contributed by atoms with van der Waals surface area (Å²) in [5.41, 5.74) is 9.78. The van der Waals surface area contributed by atoms with Crippen LogP contribution in [0, 0.1) is 0 Å². The van der Waals surface area contributed by atoms with Crippen molar-refractivity contribution in [2.45, 2.75) is 30.2 Å². The van der Waals surface area contributed by atoms with Gasteiger partial charge in [0.2, 0.25) is 0 Å². The third-order valence-electron chi connectivity index (χ3n) is 5.75. The van der Waals surface area contributed by atoms with Gasteiger partial charge in [-0.05, 0) is 54.3 Å². The summed E-state index contributed by atoms with van der Waals surface area (Å²) in [5.74, 6) is 0.181. The predicted octanol–water partition coefficient (Wildman–Crippen LogP) is 3.53. The van der Waals surface area contributed by atoms with Gasteiger partial charge in [-0.1, -0.05) is 30.3 Å². The minimum absolute atomic E-state index is 0.0923. The number of benzene rings is 2. The fourth-order valence-electron chi connectivity index (χ4n) is 3.86. The molecule has 0 amide bonds. The van der Waals surface area contributed by atoms with Gasteiger partial charge < -0.3 is 10.5 Å². The van der Waals surface area contributed by atoms with Gasteiger partial charge in [-0.15, -0.1) is 0 Å². The summed E-state index contributed by atoms with van der Waals surface area (Å²) >= 11 is 0. The van der Waals surface area contributed by atoms with Gasteiger partial charge >= 0.3 is 5.97 Å². The lowest BCUT2D eigenvalue weighted by Crippen LogP contribution is -2.13. The van der Waals surface area contributed by atoms with E-state index in [2.05, 4.69) is 9.82 Å². The number of rotatable bonds is 7. The van der Waals surface area contributed by atoms with Crippen molar-refractivity contribution in [1.82, 2.24) is 14.8 Å². The van der Waals surface area contributed by atoms with E-state index in [0.29, 0.717) is 22.6 Å². The Morgan fingerprint density at radius 3 is 2.50 bits per heavy atom. The van der Waals surface area contributed by atoms with E-state index in [1.165, 1.54) is 11.8 Å². The number of nitrogens with one attached hydrogen (secondary N) is 1. The highest BCUT2D eigenvalue weighted by Gasteiger charge is 2.28. The molecule has 3 N–H and O–H groups in total. The Hall–Kier alpha value is -3.92. The fraction of sp³-hybridized carbons (Fsp3) is 0.208. The van der Waals surface area contributed by atoms with E-state index in [1.54, 1.807) is 42.5 Å². The lowest BCUT2D eigenvalue weighted by molar-refractivity contribution is -0.141. The molecule has 0 bridgehead atoms. The highest BCUT2D eigenvalue weighted by molar-refractivity contribution is 7.92. The first-order valence-corrected chi connectivity index (χ1v) is 12.3. The van der Waals surface area contributed by atoms with Crippen LogP contribution >= 0.6 is 0 Å². The highest BCUT2D eigenvalue weighted by atomic mass is 32.2. The summed E-state index contributed by atoms with van der Waals surface area (Å²) in [5, 5.41) is 4.97. The Morgan fingerprint density at radius 1 is 1.15 bits per heavy atom. The molecule has 9 nitrogen and oxygen atoms in total. The van der Waals surface area contributed by atoms with E-state index >= 15 is 0 Å². The summed E-state index contributed by atoms with van der Waals surface area (Å²) in [6.45, 7) is -0.0923. The van der Waals surface area contributed by atoms with Crippen molar-refractivity contribution >= 4 is 38.5 Å². The van der Waals surface area contributed by atoms with Gasteiger partial charge in [-0.2, -0.15) is 5.10 Å². The molecule has 34 heavy (non-hydrogen) atoms. The highest BCUT2D eigenvalue weighted by Crippen LogP contribution is 2.42. The lowest BCUT2D eigenvalue weighted by atomic mass is 10.0. The van der Waals surface area contributed by atoms with Gasteiger partial charge in [0, 0.05) is 17.3 Å². The smallest absolute Gasteiger partial charge is 0.327 e. The molecule has 10 heteroatoms. The molecule has 0 atom stereocenters. The molecule has 0 saturated heterocycles. The topological polar surface area (TPSA) is 129 Å². The van der Waals surface area contributed by atoms with Gasteiger partial charge in [0.25, 0.3) is 10.0 Å². The van der Waals surface area contributed by atoms with Crippen LogP contribution in [0.5, 0.6) is 0 Å². The zero-order valence-electron chi connectivity index (χ0n) is 18.4. The van der Waals surface area contributed by atoms with Crippen LogP contribution in [-0.4, -0.2) is 36.3 Å². The number of nitrogens with two attached hydrogens (primary N) is 1. The minimum Gasteiger partial charge on any atom is -0.468 e. The number of sulfonamides is 1. The molecule has 0 spiro atoms. The number of anilines is 2. The number of carbonyl (C=O) groups excluding carboxylic acids is 1. The molecule has 1 fully saturated rings. The molecule has 1 aliphatic rings. The summed E-state index contributed by atoms with van der Waals surface area (Å²) < 4.78 is 34.1. The predicted molar refractivity (Wildman–Crippen MR) is 129 cm³/mol. The van der Waals surface area contributed by atoms with Gasteiger partial charge in [-0.25, -0.2) is 18.1 Å². The first-order chi connectivity index (χ1) is 16.4. The number of nitrogen functional groups attached to an aromatic ring is 1. The van der Waals surface area contributed by atoms with E-state index in [-0.39, 0.29) is 17.3 Å². The second kappa shape index (κ2) is 8.45. The Morgan fingerprint density at radius 2 is 1.85 bits per heavy atom. The SMILES string of the molecule is COC(=O)Cn1nc(N)c2c(-c3ccc(NS(=O)(=O)c4ccccc4)cc3)cc(C3CC3)nc21. The van der Waals surface area contributed by atoms with E-state index in [9.17, 15) is 13.2 Å². The number of hydrogen-bond acceptors (Lipinski definition) is 7. The number of carbonyl (C=O) groups is 1. The number of fused-ring (bicyclic) bond motifs is 1. The Balaban J connectivity index is 1.53. The van der Waals surface area contributed by atoms with Crippen LogP contribution in [0.4, 0.5) is 11.5 Å². The standard InChI is InChI=1S/C24H23N5O4S/c1-33-21(30)14-29-24-22(23(25)27-29)19(13-20(26-24)16-7-8-16)15-9-11-17(12-10-15)28-34(31,32)18-5-3-2-4-6-18/h2-6,9-13,16,28H,7-8,14H2,1H3,(H2,25,27). The number of methoxy groups -OCH3 is 1. The largest absolute Gasteiger partial charge is 0.468 e. The molecular weight excluding hydrogens is 454 g/mol. The van der Waals surface area contributed by atoms with Crippen LogP contribution < -0.4 is 10.5 Å². The molecule has 0 unspecified atom stereocenters. The third-order valence-corrected chi connectivity index (χ3v) is 7.15. The van der Waals surface area contributed by atoms with E-state index in [1.807, 2.05) is 18.2 Å². The Kier molecular flexibility index (Phi) is 5.45. The molecule has 4 aromatic rings. The lowest BCUT2D eigenvalue weighted by Gasteiger charge is -2.11. The van der Waals surface area contributed by atoms with Crippen molar-refractivity contribution in [1.29, 1.82) is 0 Å². The average molecular weight is 478 g/mol. The van der Waals surface area contributed by atoms with Crippen molar-refractivity contribution in [2.75, 3.05) is 17.6 Å². The van der Waals surface area contributed by atoms with Crippen LogP contribution in [0.3, 0.4) is 0 Å². The van der Waals surface area contributed by atoms with Crippen molar-refractivity contribution in [3.8, 4) is 11.1 Å². The first kappa shape index (κ1) is 21.9. The van der Waals surface area contributed by atoms with Crippen LogP contribution in [0.2, 0.25) is 0 Å². The molecular formula is C24H23N5O4S. The zero-order chi connectivity index (χ0) is 23.9. The maximum atomic E-state index is 12.6. The first-order valence-electron chi connectivity index (χ1n) is 10.8. The summed E-state index contributed by atoms with van der Waals surface area (Å²) in [6.07, 6.45) is 2.11. The molecule has 2 aromatic carbocycles. The minimum atomic E-state index is -3.69. The number of aromatic nitrogens is 3. The fourth-order valence-corrected chi connectivity index (χ4v) is 4.94. The quantitative estimate of drug-likeness (QED) is 0.390. The molecule has 5 rings (SSSR count). The summed E-state index contributed by atoms with van der Waals surface area (Å²) in [7, 11) is -2.37. The van der Waals surface area contributed by atoms with Gasteiger partial charge in [-0.3, -0.25) is 9.52 Å². The van der Waals surface area contributed by atoms with Crippen molar-refractivity contribution in [3.05, 3.63) is 66.4 Å². The van der Waals surface area contributed by atoms with E-state index < -0.39 is 16.0 Å². The Bertz CT molecular complexity index is 1480. The molecule has 0 aliphatic heterocycles. The van der Waals surface area contributed by atoms with Gasteiger partial charge in [0.1, 0.15) is 6.54 Å². The summed E-state index contributed by atoms with van der Waals surface area (Å²) in [6, 6.07) is 17.3. The van der Waals surface area contributed by atoms with Crippen molar-refractivity contribution in [2.24, 2.45) is 0 Å². The summed E-state index contributed by atoms with van der Waals surface area (Å²) in [4.78, 5) is 16.8. The second-order valence-corrected chi connectivity index (χ2v) is 9.86. The van der Waals surface area contributed by atoms with E-state index in [0.717, 1.165) is 29.7 Å². The molecule has 174 valence electrons. The van der Waals surface area contributed by atoms with Gasteiger partial charge in [0.15, 0.2) is 11.5 Å². The Labute approximate surface area is 196 Å². The maximum Gasteiger partial charge on any atom is 0.327 e. The van der Waals surface area contributed by atoms with Crippen LogP contribution in [-0.2, 0) is 26.1 Å². The number of esters is 1. The molecule has 0 radical (unpaired) electrons. The second-order valence-electron chi connectivity index (χ2n) is 8.18. The molecule has 1 aliphatic carbocycles. The normalized spacial score (nSPS) is 13.7. The monoisotopic (exact) mass is 477 g/mol. The third kappa shape index (κ3) is 4.19. The van der Waals surface area contributed by atoms with Crippen LogP contribution in [0.1, 0.15) is 24.5 Å². The van der Waals surface area contributed by atoms with Gasteiger partial charge in [0.05, 0.1) is 17.4 Å². The molecule has 2 heterocycles. The number of nitrogens with zero attached hydrogens (tertiary/aromatic N) is 3. The average Bonchev–Trinajstić information content (AvgIpc) is 3.64.